The third-order valence-corrected chi connectivity index (χ3v) is 3.23. The molecule has 1 aromatic rings. The lowest BCUT2D eigenvalue weighted by Crippen LogP contribution is -2.14. The highest BCUT2D eigenvalue weighted by molar-refractivity contribution is 5.93. The van der Waals surface area contributed by atoms with Gasteiger partial charge in [-0.15, -0.1) is 0 Å². The number of anilines is 1. The van der Waals surface area contributed by atoms with Crippen molar-refractivity contribution in [3.63, 3.8) is 0 Å². The first-order chi connectivity index (χ1) is 12.1. The molecule has 0 bridgehead atoms. The lowest BCUT2D eigenvalue weighted by molar-refractivity contribution is -0.146. The Morgan fingerprint density at radius 3 is 2.72 bits per heavy atom. The summed E-state index contributed by atoms with van der Waals surface area (Å²) in [5.41, 5.74) is 0.683. The highest BCUT2D eigenvalue weighted by Crippen LogP contribution is 2.37. The van der Waals surface area contributed by atoms with Crippen LogP contribution in [-0.4, -0.2) is 32.2 Å². The predicted molar refractivity (Wildman–Crippen MR) is 89.4 cm³/mol. The van der Waals surface area contributed by atoms with Crippen LogP contribution < -0.4 is 9.64 Å². The Balaban J connectivity index is 1.96. The van der Waals surface area contributed by atoms with E-state index in [9.17, 15) is 9.59 Å². The number of hydrogen-bond donors (Lipinski definition) is 0. The third kappa shape index (κ3) is 4.48. The summed E-state index contributed by atoms with van der Waals surface area (Å²) in [5.74, 6) is -0.263. The van der Waals surface area contributed by atoms with E-state index >= 15 is 0 Å². The molecule has 2 rings (SSSR count). The molecule has 0 aliphatic carbocycles. The maximum Gasteiger partial charge on any atom is 0.349 e. The van der Waals surface area contributed by atoms with Crippen LogP contribution in [0.2, 0.25) is 0 Å². The Labute approximate surface area is 145 Å². The van der Waals surface area contributed by atoms with Crippen LogP contribution in [-0.2, 0) is 19.1 Å². The fraction of sp³-hybridized carbons (Fsp3) is 0.167. The molecule has 7 nitrogen and oxygen atoms in total. The fourth-order valence-corrected chi connectivity index (χ4v) is 1.99. The van der Waals surface area contributed by atoms with Crippen molar-refractivity contribution in [2.24, 2.45) is 0 Å². The molecule has 128 valence electrons. The molecule has 0 aromatic heterocycles. The molecule has 0 amide bonds. The first kappa shape index (κ1) is 17.8. The minimum absolute atomic E-state index is 0.114. The van der Waals surface area contributed by atoms with Gasteiger partial charge in [-0.1, -0.05) is 18.7 Å². The van der Waals surface area contributed by atoms with E-state index in [1.54, 1.807) is 11.0 Å². The van der Waals surface area contributed by atoms with Crippen molar-refractivity contribution < 1.29 is 23.8 Å². The molecule has 1 heterocycles. The van der Waals surface area contributed by atoms with Crippen molar-refractivity contribution in [3.8, 4) is 11.8 Å². The number of nitriles is 1. The molecular weight excluding hydrogens is 324 g/mol. The minimum Gasteiger partial charge on any atom is -0.459 e. The number of rotatable bonds is 6. The quantitative estimate of drug-likeness (QED) is 0.339. The van der Waals surface area contributed by atoms with Gasteiger partial charge in [0.15, 0.2) is 11.6 Å². The van der Waals surface area contributed by atoms with Crippen LogP contribution in [0.4, 0.5) is 5.69 Å². The summed E-state index contributed by atoms with van der Waals surface area (Å²) in [4.78, 5) is 24.5. The highest BCUT2D eigenvalue weighted by atomic mass is 16.6. The van der Waals surface area contributed by atoms with Crippen LogP contribution in [0.3, 0.4) is 0 Å². The number of fused-ring (bicyclic) bond motifs is 1. The van der Waals surface area contributed by atoms with Crippen molar-refractivity contribution in [2.45, 2.75) is 0 Å². The summed E-state index contributed by atoms with van der Waals surface area (Å²) in [6, 6.07) is 9.21. The van der Waals surface area contributed by atoms with Crippen LogP contribution in [0.5, 0.6) is 5.75 Å². The SMILES string of the molecule is C=CC(=O)OCCOC(=O)/C(C#N)=C/C=C1\Oc2ccccc2N1C. The molecule has 1 aromatic carbocycles. The monoisotopic (exact) mass is 340 g/mol. The lowest BCUT2D eigenvalue weighted by Gasteiger charge is -2.09. The average Bonchev–Trinajstić information content (AvgIpc) is 2.95. The van der Waals surface area contributed by atoms with Gasteiger partial charge in [0.1, 0.15) is 24.9 Å². The number of carbonyl (C=O) groups is 2. The van der Waals surface area contributed by atoms with E-state index in [4.69, 9.17) is 14.7 Å². The van der Waals surface area contributed by atoms with E-state index in [2.05, 4.69) is 11.3 Å². The van der Waals surface area contributed by atoms with Gasteiger partial charge in [-0.25, -0.2) is 9.59 Å². The molecule has 0 radical (unpaired) electrons. The van der Waals surface area contributed by atoms with Crippen molar-refractivity contribution in [1.29, 1.82) is 5.26 Å². The molecule has 7 heteroatoms. The molecule has 1 aliphatic heterocycles. The number of benzene rings is 1. The predicted octanol–water partition coefficient (Wildman–Crippen LogP) is 2.08. The second-order valence-electron chi connectivity index (χ2n) is 4.83. The van der Waals surface area contributed by atoms with Crippen molar-refractivity contribution in [3.05, 3.63) is 60.5 Å². The van der Waals surface area contributed by atoms with Gasteiger partial charge in [0.25, 0.3) is 0 Å². The molecule has 0 atom stereocenters. The van der Waals surface area contributed by atoms with Gasteiger partial charge < -0.3 is 19.1 Å². The molecule has 0 spiro atoms. The van der Waals surface area contributed by atoms with E-state index in [1.807, 2.05) is 31.3 Å². The Kier molecular flexibility index (Phi) is 5.96. The molecule has 0 saturated heterocycles. The summed E-state index contributed by atoms with van der Waals surface area (Å²) in [6.07, 6.45) is 3.83. The second kappa shape index (κ2) is 8.36. The van der Waals surface area contributed by atoms with Gasteiger partial charge in [-0.2, -0.15) is 5.26 Å². The van der Waals surface area contributed by atoms with Gasteiger partial charge >= 0.3 is 11.9 Å². The Bertz CT molecular complexity index is 789. The Morgan fingerprint density at radius 2 is 2.04 bits per heavy atom. The molecule has 1 aliphatic rings. The molecular formula is C18H16N2O5. The number of allylic oxidation sites excluding steroid dienone is 2. The third-order valence-electron chi connectivity index (χ3n) is 3.23. The van der Waals surface area contributed by atoms with Crippen LogP contribution in [0.1, 0.15) is 0 Å². The zero-order valence-corrected chi connectivity index (χ0v) is 13.6. The number of para-hydroxylation sites is 2. The zero-order valence-electron chi connectivity index (χ0n) is 13.6. The summed E-state index contributed by atoms with van der Waals surface area (Å²) in [5, 5.41) is 9.09. The van der Waals surface area contributed by atoms with Crippen LogP contribution in [0.25, 0.3) is 0 Å². The topological polar surface area (TPSA) is 88.9 Å². The van der Waals surface area contributed by atoms with Crippen LogP contribution in [0.15, 0.2) is 60.5 Å². The van der Waals surface area contributed by atoms with Gasteiger partial charge in [0, 0.05) is 19.2 Å². The minimum atomic E-state index is -0.813. The molecule has 0 N–H and O–H groups in total. The first-order valence-electron chi connectivity index (χ1n) is 7.36. The summed E-state index contributed by atoms with van der Waals surface area (Å²) in [6.45, 7) is 2.97. The first-order valence-corrected chi connectivity index (χ1v) is 7.36. The number of carbonyl (C=O) groups excluding carboxylic acids is 2. The fourth-order valence-electron chi connectivity index (χ4n) is 1.99. The van der Waals surface area contributed by atoms with Gasteiger partial charge in [0.05, 0.1) is 5.69 Å². The maximum atomic E-state index is 11.8. The van der Waals surface area contributed by atoms with Gasteiger partial charge in [-0.05, 0) is 18.2 Å². The van der Waals surface area contributed by atoms with E-state index in [0.29, 0.717) is 11.6 Å². The maximum absolute atomic E-state index is 11.8. The van der Waals surface area contributed by atoms with Gasteiger partial charge in [-0.3, -0.25) is 0 Å². The number of ether oxygens (including phenoxy) is 3. The van der Waals surface area contributed by atoms with Gasteiger partial charge in [0.2, 0.25) is 0 Å². The highest BCUT2D eigenvalue weighted by Gasteiger charge is 2.21. The Hall–Kier alpha value is -3.53. The Morgan fingerprint density at radius 1 is 1.32 bits per heavy atom. The summed E-state index contributed by atoms with van der Waals surface area (Å²) < 4.78 is 15.2. The summed E-state index contributed by atoms with van der Waals surface area (Å²) in [7, 11) is 1.81. The molecule has 25 heavy (non-hydrogen) atoms. The second-order valence-corrected chi connectivity index (χ2v) is 4.83. The van der Waals surface area contributed by atoms with Crippen molar-refractivity contribution in [1.82, 2.24) is 0 Å². The van der Waals surface area contributed by atoms with Crippen LogP contribution >= 0.6 is 0 Å². The van der Waals surface area contributed by atoms with Crippen molar-refractivity contribution >= 4 is 17.6 Å². The smallest absolute Gasteiger partial charge is 0.349 e. The van der Waals surface area contributed by atoms with E-state index in [1.165, 1.54) is 12.2 Å². The standard InChI is InChI=1S/C18H16N2O5/c1-3-17(21)23-10-11-24-18(22)13(12-19)8-9-16-20(2)14-6-4-5-7-15(14)25-16/h3-9H,1,10-11H2,2H3/b13-8+,16-9-. The van der Waals surface area contributed by atoms with E-state index in [-0.39, 0.29) is 18.8 Å². The van der Waals surface area contributed by atoms with E-state index in [0.717, 1.165) is 11.8 Å². The number of esters is 2. The normalized spacial score (nSPS) is 14.3. The average molecular weight is 340 g/mol. The molecule has 0 unspecified atom stereocenters. The largest absolute Gasteiger partial charge is 0.459 e. The molecule has 0 saturated carbocycles. The number of nitrogens with zero attached hydrogens (tertiary/aromatic N) is 2. The van der Waals surface area contributed by atoms with Crippen molar-refractivity contribution in [2.75, 3.05) is 25.2 Å². The number of hydrogen-bond acceptors (Lipinski definition) is 7. The zero-order chi connectivity index (χ0) is 18.2. The van der Waals surface area contributed by atoms with Crippen LogP contribution in [0, 0.1) is 11.3 Å². The van der Waals surface area contributed by atoms with E-state index < -0.39 is 11.9 Å². The summed E-state index contributed by atoms with van der Waals surface area (Å²) >= 11 is 0. The molecule has 0 fully saturated rings. The lowest BCUT2D eigenvalue weighted by atomic mass is 10.2.